The molecular weight excluding hydrogens is 270 g/mol. The van der Waals surface area contributed by atoms with Crippen molar-refractivity contribution in [3.63, 3.8) is 0 Å². The molecule has 0 aliphatic carbocycles. The number of rotatable bonds is 3. The van der Waals surface area contributed by atoms with E-state index in [4.69, 9.17) is 23.1 Å². The summed E-state index contributed by atoms with van der Waals surface area (Å²) in [4.78, 5) is 23.1. The Morgan fingerprint density at radius 1 is 1.32 bits per heavy atom. The van der Waals surface area contributed by atoms with Gasteiger partial charge >= 0.3 is 0 Å². The van der Waals surface area contributed by atoms with Crippen molar-refractivity contribution in [2.75, 3.05) is 11.1 Å². The largest absolute Gasteiger partial charge is 0.399 e. The number of H-pyrrole nitrogens is 1. The van der Waals surface area contributed by atoms with Gasteiger partial charge in [0, 0.05) is 5.69 Å². The molecule has 0 saturated heterocycles. The van der Waals surface area contributed by atoms with Crippen LogP contribution in [0.4, 0.5) is 11.5 Å². The number of amides is 2. The standard InChI is InChI=1S/C11H10ClN5O2/c12-8-3-5(13)1-2-6(8)11(19)16-10-7(9(14)18)4-15-17-10/h1-4H,13H2,(H2,14,18)(H2,15,16,17,19). The van der Waals surface area contributed by atoms with Gasteiger partial charge in [-0.15, -0.1) is 0 Å². The molecule has 98 valence electrons. The van der Waals surface area contributed by atoms with Gasteiger partial charge in [0.15, 0.2) is 0 Å². The summed E-state index contributed by atoms with van der Waals surface area (Å²) in [5.41, 5.74) is 11.4. The zero-order chi connectivity index (χ0) is 14.0. The van der Waals surface area contributed by atoms with Crippen LogP contribution in [0, 0.1) is 0 Å². The number of nitrogens with two attached hydrogens (primary N) is 2. The summed E-state index contributed by atoms with van der Waals surface area (Å²) in [5, 5.41) is 8.77. The SMILES string of the molecule is NC(=O)c1cn[nH]c1NC(=O)c1ccc(N)cc1Cl. The molecule has 6 N–H and O–H groups in total. The fourth-order valence-electron chi connectivity index (χ4n) is 1.46. The maximum absolute atomic E-state index is 12.0. The second-order valence-corrected chi connectivity index (χ2v) is 4.12. The normalized spacial score (nSPS) is 10.2. The fraction of sp³-hybridized carbons (Fsp3) is 0. The lowest BCUT2D eigenvalue weighted by Gasteiger charge is -2.06. The van der Waals surface area contributed by atoms with Crippen LogP contribution >= 0.6 is 11.6 Å². The van der Waals surface area contributed by atoms with Crippen molar-refractivity contribution < 1.29 is 9.59 Å². The number of benzene rings is 1. The first-order chi connectivity index (χ1) is 8.99. The summed E-state index contributed by atoms with van der Waals surface area (Å²) < 4.78 is 0. The maximum Gasteiger partial charge on any atom is 0.258 e. The van der Waals surface area contributed by atoms with E-state index < -0.39 is 11.8 Å². The van der Waals surface area contributed by atoms with Gasteiger partial charge in [0.25, 0.3) is 11.8 Å². The Morgan fingerprint density at radius 2 is 2.05 bits per heavy atom. The summed E-state index contributed by atoms with van der Waals surface area (Å²) in [6.07, 6.45) is 1.22. The molecule has 0 aliphatic rings. The minimum atomic E-state index is -0.701. The molecule has 0 saturated carbocycles. The van der Waals surface area contributed by atoms with Crippen LogP contribution in [0.5, 0.6) is 0 Å². The molecule has 1 heterocycles. The molecule has 2 rings (SSSR count). The van der Waals surface area contributed by atoms with Crippen LogP contribution in [-0.4, -0.2) is 22.0 Å². The molecule has 0 spiro atoms. The molecule has 19 heavy (non-hydrogen) atoms. The lowest BCUT2D eigenvalue weighted by molar-refractivity contribution is 0.100. The monoisotopic (exact) mass is 279 g/mol. The van der Waals surface area contributed by atoms with E-state index in [9.17, 15) is 9.59 Å². The van der Waals surface area contributed by atoms with Crippen LogP contribution < -0.4 is 16.8 Å². The first kappa shape index (κ1) is 12.9. The van der Waals surface area contributed by atoms with Crippen LogP contribution in [0.25, 0.3) is 0 Å². The smallest absolute Gasteiger partial charge is 0.258 e. The Labute approximate surface area is 112 Å². The highest BCUT2D eigenvalue weighted by Crippen LogP contribution is 2.20. The number of primary amides is 1. The van der Waals surface area contributed by atoms with Crippen molar-refractivity contribution in [1.82, 2.24) is 10.2 Å². The fourth-order valence-corrected chi connectivity index (χ4v) is 1.74. The molecule has 0 radical (unpaired) electrons. The topological polar surface area (TPSA) is 127 Å². The van der Waals surface area contributed by atoms with Gasteiger partial charge in [0.2, 0.25) is 0 Å². The summed E-state index contributed by atoms with van der Waals surface area (Å²) >= 11 is 5.91. The van der Waals surface area contributed by atoms with Crippen molar-refractivity contribution in [3.05, 3.63) is 40.5 Å². The Bertz CT molecular complexity index is 652. The van der Waals surface area contributed by atoms with Gasteiger partial charge in [-0.3, -0.25) is 14.7 Å². The molecule has 1 aromatic carbocycles. The van der Waals surface area contributed by atoms with E-state index in [1.54, 1.807) is 6.07 Å². The Kier molecular flexibility index (Phi) is 3.39. The third-order valence-corrected chi connectivity index (χ3v) is 2.69. The molecule has 0 unspecified atom stereocenters. The van der Waals surface area contributed by atoms with Gasteiger partial charge in [-0.05, 0) is 18.2 Å². The second-order valence-electron chi connectivity index (χ2n) is 3.72. The summed E-state index contributed by atoms with van der Waals surface area (Å²) in [7, 11) is 0. The zero-order valence-corrected chi connectivity index (χ0v) is 10.4. The summed E-state index contributed by atoms with van der Waals surface area (Å²) in [6, 6.07) is 4.48. The van der Waals surface area contributed by atoms with Gasteiger partial charge in [-0.1, -0.05) is 11.6 Å². The highest BCUT2D eigenvalue weighted by Gasteiger charge is 2.16. The number of nitrogens with zero attached hydrogens (tertiary/aromatic N) is 1. The second kappa shape index (κ2) is 4.99. The Morgan fingerprint density at radius 3 is 2.68 bits per heavy atom. The van der Waals surface area contributed by atoms with E-state index in [-0.39, 0.29) is 22.0 Å². The summed E-state index contributed by atoms with van der Waals surface area (Å²) in [5.74, 6) is -1.09. The van der Waals surface area contributed by atoms with Gasteiger partial charge in [-0.2, -0.15) is 5.10 Å². The minimum absolute atomic E-state index is 0.0833. The zero-order valence-electron chi connectivity index (χ0n) is 9.61. The van der Waals surface area contributed by atoms with E-state index in [1.807, 2.05) is 0 Å². The number of carbonyl (C=O) groups excluding carboxylic acids is 2. The number of hydrogen-bond acceptors (Lipinski definition) is 4. The summed E-state index contributed by atoms with van der Waals surface area (Å²) in [6.45, 7) is 0. The minimum Gasteiger partial charge on any atom is -0.399 e. The first-order valence-corrected chi connectivity index (χ1v) is 5.56. The predicted molar refractivity (Wildman–Crippen MR) is 70.9 cm³/mol. The highest BCUT2D eigenvalue weighted by atomic mass is 35.5. The number of nitrogens with one attached hydrogen (secondary N) is 2. The van der Waals surface area contributed by atoms with Crippen molar-refractivity contribution in [1.29, 1.82) is 0 Å². The number of carbonyl (C=O) groups is 2. The molecule has 0 atom stereocenters. The van der Waals surface area contributed by atoms with E-state index in [0.717, 1.165) is 0 Å². The van der Waals surface area contributed by atoms with Gasteiger partial charge in [-0.25, -0.2) is 0 Å². The number of anilines is 2. The molecule has 7 nitrogen and oxygen atoms in total. The molecule has 0 bridgehead atoms. The average molecular weight is 280 g/mol. The van der Waals surface area contributed by atoms with Crippen LogP contribution in [-0.2, 0) is 0 Å². The third-order valence-electron chi connectivity index (χ3n) is 2.38. The number of aromatic nitrogens is 2. The third kappa shape index (κ3) is 2.66. The Hall–Kier alpha value is -2.54. The maximum atomic E-state index is 12.0. The molecule has 2 aromatic rings. The molecule has 2 amide bonds. The number of halogens is 1. The highest BCUT2D eigenvalue weighted by molar-refractivity contribution is 6.34. The van der Waals surface area contributed by atoms with Crippen LogP contribution in [0.2, 0.25) is 5.02 Å². The molecule has 1 aromatic heterocycles. The Balaban J connectivity index is 2.26. The molecule has 8 heteroatoms. The molecular formula is C11H10ClN5O2. The van der Waals surface area contributed by atoms with E-state index in [2.05, 4.69) is 15.5 Å². The van der Waals surface area contributed by atoms with E-state index in [1.165, 1.54) is 18.3 Å². The quantitative estimate of drug-likeness (QED) is 0.625. The first-order valence-electron chi connectivity index (χ1n) is 5.18. The van der Waals surface area contributed by atoms with Crippen molar-refractivity contribution in [2.24, 2.45) is 5.73 Å². The van der Waals surface area contributed by atoms with E-state index in [0.29, 0.717) is 5.69 Å². The average Bonchev–Trinajstić information content (AvgIpc) is 2.76. The lowest BCUT2D eigenvalue weighted by Crippen LogP contribution is -2.17. The lowest BCUT2D eigenvalue weighted by atomic mass is 10.2. The van der Waals surface area contributed by atoms with Crippen molar-refractivity contribution in [3.8, 4) is 0 Å². The molecule has 0 aliphatic heterocycles. The molecule has 0 fully saturated rings. The van der Waals surface area contributed by atoms with Crippen molar-refractivity contribution in [2.45, 2.75) is 0 Å². The van der Waals surface area contributed by atoms with Crippen molar-refractivity contribution >= 4 is 34.9 Å². The number of nitrogen functional groups attached to an aromatic ring is 1. The van der Waals surface area contributed by atoms with Crippen LogP contribution in [0.1, 0.15) is 20.7 Å². The van der Waals surface area contributed by atoms with Crippen LogP contribution in [0.15, 0.2) is 24.4 Å². The van der Waals surface area contributed by atoms with E-state index >= 15 is 0 Å². The van der Waals surface area contributed by atoms with Gasteiger partial charge in [0.05, 0.1) is 16.8 Å². The van der Waals surface area contributed by atoms with Crippen LogP contribution in [0.3, 0.4) is 0 Å². The predicted octanol–water partition coefficient (Wildman–Crippen LogP) is 0.996. The van der Waals surface area contributed by atoms with Gasteiger partial charge in [0.1, 0.15) is 11.4 Å². The number of aromatic amines is 1. The number of hydrogen-bond donors (Lipinski definition) is 4. The van der Waals surface area contributed by atoms with Gasteiger partial charge < -0.3 is 16.8 Å².